The number of aromatic nitrogens is 4. The third-order valence-corrected chi connectivity index (χ3v) is 5.92. The summed E-state index contributed by atoms with van der Waals surface area (Å²) in [5, 5.41) is 11.1. The van der Waals surface area contributed by atoms with Gasteiger partial charge in [0, 0.05) is 16.4 Å². The zero-order chi connectivity index (χ0) is 23.9. The molecular weight excluding hydrogens is 517 g/mol. The van der Waals surface area contributed by atoms with Crippen molar-refractivity contribution >= 4 is 44.3 Å². The normalized spacial score (nSPS) is 16.9. The standard InChI is InChI=1S/C22H18BrF3N6O2/c23-12-8-9-14(17(11-12)34-22(24,25)26)18-30-19-13-5-1-2-6-15(13)28-21(32(19)31-18)29-16-7-3-4-10-27-20(16)33/h1-2,5-6,8-9,11,16H,3-4,7,10H2,(H,27,33)(H,28,29)/t16-/m1/s1. The summed E-state index contributed by atoms with van der Waals surface area (Å²) >= 11 is 3.17. The first-order valence-electron chi connectivity index (χ1n) is 10.5. The Hall–Kier alpha value is -3.41. The number of carbonyl (C=O) groups excluding carboxylic acids is 1. The van der Waals surface area contributed by atoms with Gasteiger partial charge >= 0.3 is 6.36 Å². The molecule has 1 atom stereocenters. The molecule has 2 N–H and O–H groups in total. The highest BCUT2D eigenvalue weighted by Crippen LogP contribution is 2.35. The Morgan fingerprint density at radius 1 is 1.15 bits per heavy atom. The van der Waals surface area contributed by atoms with Crippen LogP contribution in [-0.2, 0) is 4.79 Å². The third-order valence-electron chi connectivity index (χ3n) is 5.43. The molecule has 1 aliphatic rings. The molecule has 1 amide bonds. The second-order valence-corrected chi connectivity index (χ2v) is 8.71. The molecule has 1 aliphatic heterocycles. The van der Waals surface area contributed by atoms with Crippen molar-refractivity contribution in [3.8, 4) is 17.1 Å². The van der Waals surface area contributed by atoms with Gasteiger partial charge in [-0.1, -0.05) is 28.1 Å². The summed E-state index contributed by atoms with van der Waals surface area (Å²) in [4.78, 5) is 21.6. The van der Waals surface area contributed by atoms with E-state index in [9.17, 15) is 18.0 Å². The van der Waals surface area contributed by atoms with Crippen molar-refractivity contribution in [2.24, 2.45) is 0 Å². The van der Waals surface area contributed by atoms with Crippen LogP contribution in [-0.4, -0.2) is 44.4 Å². The molecule has 0 radical (unpaired) electrons. The molecule has 176 valence electrons. The first-order chi connectivity index (χ1) is 16.3. The number of fused-ring (bicyclic) bond motifs is 3. The Kier molecular flexibility index (Phi) is 5.76. The number of ether oxygens (including phenoxy) is 1. The molecule has 0 aliphatic carbocycles. The van der Waals surface area contributed by atoms with Gasteiger partial charge in [-0.25, -0.2) is 9.97 Å². The molecule has 1 saturated heterocycles. The van der Waals surface area contributed by atoms with Crippen molar-refractivity contribution < 1.29 is 22.7 Å². The predicted octanol–water partition coefficient (Wildman–Crippen LogP) is 4.69. The van der Waals surface area contributed by atoms with Gasteiger partial charge in [0.15, 0.2) is 11.5 Å². The molecule has 12 heteroatoms. The lowest BCUT2D eigenvalue weighted by Gasteiger charge is -2.16. The molecule has 0 unspecified atom stereocenters. The van der Waals surface area contributed by atoms with Gasteiger partial charge in [0.25, 0.3) is 0 Å². The average Bonchev–Trinajstić information content (AvgIpc) is 3.12. The largest absolute Gasteiger partial charge is 0.573 e. The lowest BCUT2D eigenvalue weighted by molar-refractivity contribution is -0.274. The minimum Gasteiger partial charge on any atom is -0.405 e. The smallest absolute Gasteiger partial charge is 0.405 e. The van der Waals surface area contributed by atoms with Crippen LogP contribution < -0.4 is 15.4 Å². The van der Waals surface area contributed by atoms with E-state index < -0.39 is 18.2 Å². The molecule has 34 heavy (non-hydrogen) atoms. The number of amides is 1. The van der Waals surface area contributed by atoms with Crippen LogP contribution in [0.25, 0.3) is 27.9 Å². The van der Waals surface area contributed by atoms with Crippen LogP contribution >= 0.6 is 15.9 Å². The minimum absolute atomic E-state index is 0.0262. The summed E-state index contributed by atoms with van der Waals surface area (Å²) in [6.07, 6.45) is -2.54. The molecule has 3 heterocycles. The number of alkyl halides is 3. The van der Waals surface area contributed by atoms with Gasteiger partial charge in [0.1, 0.15) is 11.8 Å². The van der Waals surface area contributed by atoms with Crippen LogP contribution in [0.3, 0.4) is 0 Å². The number of nitrogens with one attached hydrogen (secondary N) is 2. The number of carbonyl (C=O) groups is 1. The molecule has 0 saturated carbocycles. The highest BCUT2D eigenvalue weighted by molar-refractivity contribution is 9.10. The van der Waals surface area contributed by atoms with Gasteiger partial charge in [-0.2, -0.15) is 4.52 Å². The number of hydrogen-bond donors (Lipinski definition) is 2. The highest BCUT2D eigenvalue weighted by Gasteiger charge is 2.33. The zero-order valence-electron chi connectivity index (χ0n) is 17.6. The summed E-state index contributed by atoms with van der Waals surface area (Å²) < 4.78 is 45.2. The van der Waals surface area contributed by atoms with Crippen molar-refractivity contribution in [1.82, 2.24) is 24.9 Å². The van der Waals surface area contributed by atoms with Gasteiger partial charge < -0.3 is 15.4 Å². The maximum absolute atomic E-state index is 13.0. The number of nitrogens with zero attached hydrogens (tertiary/aromatic N) is 4. The molecule has 5 rings (SSSR count). The molecule has 2 aromatic heterocycles. The number of benzene rings is 2. The SMILES string of the molecule is O=C1NCCCC[C@H]1Nc1nc2ccccc2c2nc(-c3ccc(Br)cc3OC(F)(F)F)nn12. The lowest BCUT2D eigenvalue weighted by Crippen LogP contribution is -2.38. The van der Waals surface area contributed by atoms with Crippen LogP contribution in [0.1, 0.15) is 19.3 Å². The summed E-state index contributed by atoms with van der Waals surface area (Å²) in [6.45, 7) is 0.608. The molecule has 8 nitrogen and oxygen atoms in total. The third kappa shape index (κ3) is 4.49. The van der Waals surface area contributed by atoms with Crippen molar-refractivity contribution in [3.05, 3.63) is 46.9 Å². The Morgan fingerprint density at radius 3 is 2.79 bits per heavy atom. The van der Waals surface area contributed by atoms with Crippen LogP contribution in [0.4, 0.5) is 19.1 Å². The molecule has 1 fully saturated rings. The Labute approximate surface area is 199 Å². The van der Waals surface area contributed by atoms with Gasteiger partial charge in [-0.3, -0.25) is 4.79 Å². The second-order valence-electron chi connectivity index (χ2n) is 7.80. The number of anilines is 1. The second kappa shape index (κ2) is 8.75. The Bertz CT molecular complexity index is 1390. The van der Waals surface area contributed by atoms with Gasteiger partial charge in [-0.15, -0.1) is 18.3 Å². The van der Waals surface area contributed by atoms with E-state index in [-0.39, 0.29) is 23.2 Å². The van der Waals surface area contributed by atoms with Crippen molar-refractivity contribution in [2.45, 2.75) is 31.7 Å². The van der Waals surface area contributed by atoms with Gasteiger partial charge in [0.2, 0.25) is 11.9 Å². The lowest BCUT2D eigenvalue weighted by atomic mass is 10.1. The van der Waals surface area contributed by atoms with Crippen LogP contribution in [0.2, 0.25) is 0 Å². The van der Waals surface area contributed by atoms with E-state index in [4.69, 9.17) is 0 Å². The van der Waals surface area contributed by atoms with E-state index >= 15 is 0 Å². The maximum atomic E-state index is 13.0. The number of hydrogen-bond acceptors (Lipinski definition) is 6. The number of rotatable bonds is 4. The van der Waals surface area contributed by atoms with E-state index in [1.54, 1.807) is 18.2 Å². The van der Waals surface area contributed by atoms with E-state index in [1.807, 2.05) is 12.1 Å². The van der Waals surface area contributed by atoms with Gasteiger partial charge in [-0.05, 0) is 49.6 Å². The number of halogens is 4. The topological polar surface area (TPSA) is 93.4 Å². The van der Waals surface area contributed by atoms with Crippen LogP contribution in [0.5, 0.6) is 5.75 Å². The van der Waals surface area contributed by atoms with Crippen molar-refractivity contribution in [2.75, 3.05) is 11.9 Å². The van der Waals surface area contributed by atoms with Crippen LogP contribution in [0, 0.1) is 0 Å². The summed E-state index contributed by atoms with van der Waals surface area (Å²) in [7, 11) is 0. The molecular formula is C22H18BrF3N6O2. The first kappa shape index (κ1) is 22.4. The average molecular weight is 535 g/mol. The highest BCUT2D eigenvalue weighted by atomic mass is 79.9. The zero-order valence-corrected chi connectivity index (χ0v) is 19.2. The maximum Gasteiger partial charge on any atom is 0.573 e. The molecule has 0 spiro atoms. The fraction of sp³-hybridized carbons (Fsp3) is 0.273. The fourth-order valence-corrected chi connectivity index (χ4v) is 4.23. The van der Waals surface area contributed by atoms with Crippen LogP contribution in [0.15, 0.2) is 46.9 Å². The Balaban J connectivity index is 1.66. The molecule has 4 aromatic rings. The Morgan fingerprint density at radius 2 is 1.97 bits per heavy atom. The summed E-state index contributed by atoms with van der Waals surface area (Å²) in [5.41, 5.74) is 1.05. The fourth-order valence-electron chi connectivity index (χ4n) is 3.89. The van der Waals surface area contributed by atoms with Crippen molar-refractivity contribution in [1.29, 1.82) is 0 Å². The predicted molar refractivity (Wildman–Crippen MR) is 122 cm³/mol. The van der Waals surface area contributed by atoms with Crippen molar-refractivity contribution in [3.63, 3.8) is 0 Å². The van der Waals surface area contributed by atoms with E-state index in [2.05, 4.69) is 46.4 Å². The van der Waals surface area contributed by atoms with E-state index in [1.165, 1.54) is 16.6 Å². The first-order valence-corrected chi connectivity index (χ1v) is 11.3. The van der Waals surface area contributed by atoms with E-state index in [0.717, 1.165) is 12.8 Å². The molecule has 0 bridgehead atoms. The minimum atomic E-state index is -4.89. The summed E-state index contributed by atoms with van der Waals surface area (Å²) in [5.74, 6) is -0.286. The van der Waals surface area contributed by atoms with E-state index in [0.29, 0.717) is 34.0 Å². The number of para-hydroxylation sites is 1. The monoisotopic (exact) mass is 534 g/mol. The quantitative estimate of drug-likeness (QED) is 0.394. The van der Waals surface area contributed by atoms with Gasteiger partial charge in [0.05, 0.1) is 11.1 Å². The summed E-state index contributed by atoms with van der Waals surface area (Å²) in [6, 6.07) is 10.9. The molecule has 2 aromatic carbocycles.